The molecule has 7 heteroatoms. The third-order valence-corrected chi connectivity index (χ3v) is 1.96. The van der Waals surface area contributed by atoms with Crippen molar-refractivity contribution < 1.29 is 18.7 Å². The number of nitrogens with zero attached hydrogens (tertiary/aromatic N) is 1. The van der Waals surface area contributed by atoms with Crippen molar-refractivity contribution in [1.82, 2.24) is 4.98 Å². The number of Topliss-reactive ketones (excluding diaryl/α,β-unsaturated/α-hetero) is 1. The molecule has 18 heavy (non-hydrogen) atoms. The normalized spacial score (nSPS) is 8.83. The summed E-state index contributed by atoms with van der Waals surface area (Å²) >= 11 is 4.59. The summed E-state index contributed by atoms with van der Waals surface area (Å²) in [6.07, 6.45) is 2.85. The Balaban J connectivity index is 0.000000331. The second kappa shape index (κ2) is 8.19. The van der Waals surface area contributed by atoms with Crippen LogP contribution in [0.15, 0.2) is 18.5 Å². The zero-order valence-electron chi connectivity index (χ0n) is 9.97. The van der Waals surface area contributed by atoms with Gasteiger partial charge in [-0.1, -0.05) is 0 Å². The fourth-order valence-electron chi connectivity index (χ4n) is 0.952. The largest absolute Gasteiger partial charge is 0.366 e. The van der Waals surface area contributed by atoms with Gasteiger partial charge in [-0.25, -0.2) is 0 Å². The molecule has 0 atom stereocenters. The third-order valence-electron chi connectivity index (χ3n) is 1.78. The molecule has 0 aliphatic rings. The van der Waals surface area contributed by atoms with E-state index < -0.39 is 11.9 Å². The maximum Gasteiger partial charge on any atom is 0.332 e. The van der Waals surface area contributed by atoms with Gasteiger partial charge in [-0.05, 0) is 25.5 Å². The fourth-order valence-corrected chi connectivity index (χ4v) is 1.01. The molecule has 0 bridgehead atoms. The van der Waals surface area contributed by atoms with Crippen LogP contribution in [0.1, 0.15) is 29.3 Å². The van der Waals surface area contributed by atoms with E-state index in [0.29, 0.717) is 5.56 Å². The average Bonchev–Trinajstić information content (AvgIpc) is 2.29. The van der Waals surface area contributed by atoms with Crippen LogP contribution < -0.4 is 5.73 Å². The number of nitrogens with two attached hydrogens (primary N) is 1. The summed E-state index contributed by atoms with van der Waals surface area (Å²) in [6, 6.07) is 1.75. The molecule has 0 fully saturated rings. The molecule has 2 N–H and O–H groups in total. The van der Waals surface area contributed by atoms with E-state index in [1.807, 2.05) is 6.92 Å². The van der Waals surface area contributed by atoms with Gasteiger partial charge >= 0.3 is 5.97 Å². The summed E-state index contributed by atoms with van der Waals surface area (Å²) in [4.78, 5) is 34.5. The molecule has 0 aromatic carbocycles. The van der Waals surface area contributed by atoms with Gasteiger partial charge in [0.05, 0.1) is 5.56 Å². The highest BCUT2D eigenvalue weighted by Gasteiger charge is 2.03. The summed E-state index contributed by atoms with van der Waals surface area (Å²) in [5, 5.41) is 0. The Labute approximate surface area is 109 Å². The molecule has 0 aliphatic carbocycles. The minimum atomic E-state index is -0.709. The molecule has 1 heterocycles. The Morgan fingerprint density at radius 3 is 2.33 bits per heavy atom. The highest BCUT2D eigenvalue weighted by atomic mass is 35.5. The topological polar surface area (TPSA) is 99.3 Å². The monoisotopic (exact) mass is 272 g/mol. The molecule has 98 valence electrons. The van der Waals surface area contributed by atoms with Gasteiger partial charge in [-0.15, -0.1) is 0 Å². The summed E-state index contributed by atoms with van der Waals surface area (Å²) in [7, 11) is 0. The van der Waals surface area contributed by atoms with Gasteiger partial charge < -0.3 is 10.0 Å². The number of aromatic nitrogens is 1. The molecule has 0 aliphatic heterocycles. The van der Waals surface area contributed by atoms with Crippen LogP contribution in [-0.4, -0.2) is 22.6 Å². The zero-order valence-corrected chi connectivity index (χ0v) is 10.7. The van der Waals surface area contributed by atoms with E-state index in [-0.39, 0.29) is 12.2 Å². The molecular formula is C11H13ClN2O4. The van der Waals surface area contributed by atoms with Crippen molar-refractivity contribution >= 4 is 29.5 Å². The minimum Gasteiger partial charge on any atom is -0.366 e. The molecule has 0 radical (unpaired) electrons. The van der Waals surface area contributed by atoms with E-state index in [9.17, 15) is 14.4 Å². The number of pyridine rings is 1. The van der Waals surface area contributed by atoms with E-state index in [1.165, 1.54) is 13.1 Å². The Morgan fingerprint density at radius 2 is 2.06 bits per heavy atom. The second-order valence-corrected chi connectivity index (χ2v) is 3.54. The van der Waals surface area contributed by atoms with Crippen molar-refractivity contribution in [3.05, 3.63) is 29.6 Å². The SMILES string of the molecule is CC(=O)CC(=O)OCl.Cc1ccncc1C(N)=O. The molecule has 1 aromatic heterocycles. The quantitative estimate of drug-likeness (QED) is 0.832. The Kier molecular flexibility index (Phi) is 7.30. The third kappa shape index (κ3) is 6.59. The number of rotatable bonds is 3. The molecular weight excluding hydrogens is 260 g/mol. The van der Waals surface area contributed by atoms with Crippen LogP contribution in [0, 0.1) is 6.92 Å². The van der Waals surface area contributed by atoms with Gasteiger partial charge in [-0.2, -0.15) is 0 Å². The lowest BCUT2D eigenvalue weighted by molar-refractivity contribution is -0.137. The van der Waals surface area contributed by atoms with Crippen molar-refractivity contribution in [1.29, 1.82) is 0 Å². The summed E-state index contributed by atoms with van der Waals surface area (Å²) in [5.74, 6) is -1.39. The number of hydrogen-bond acceptors (Lipinski definition) is 5. The zero-order chi connectivity index (χ0) is 14.1. The highest BCUT2D eigenvalue weighted by Crippen LogP contribution is 2.02. The van der Waals surface area contributed by atoms with E-state index in [1.54, 1.807) is 12.3 Å². The number of carbonyl (C=O) groups excluding carboxylic acids is 3. The second-order valence-electron chi connectivity index (χ2n) is 3.38. The predicted octanol–water partition coefficient (Wildman–Crippen LogP) is 1.15. The van der Waals surface area contributed by atoms with Crippen LogP contribution in [0.5, 0.6) is 0 Å². The standard InChI is InChI=1S/C7H8N2O.C4H5ClO3/c1-5-2-3-9-4-6(5)7(8)10;1-3(6)2-4(7)8-5/h2-4H,1H3,(H2,8,10);2H2,1H3. The lowest BCUT2D eigenvalue weighted by atomic mass is 10.1. The van der Waals surface area contributed by atoms with Gasteiger partial charge in [0.25, 0.3) is 5.91 Å². The number of halogens is 1. The van der Waals surface area contributed by atoms with Gasteiger partial charge in [0, 0.05) is 12.4 Å². The summed E-state index contributed by atoms with van der Waals surface area (Å²) < 4.78 is 3.67. The average molecular weight is 273 g/mol. The minimum absolute atomic E-state index is 0.247. The van der Waals surface area contributed by atoms with Crippen molar-refractivity contribution in [2.45, 2.75) is 20.3 Å². The molecule has 6 nitrogen and oxygen atoms in total. The van der Waals surface area contributed by atoms with Crippen LogP contribution in [-0.2, 0) is 13.9 Å². The summed E-state index contributed by atoms with van der Waals surface area (Å²) in [6.45, 7) is 3.11. The fraction of sp³-hybridized carbons (Fsp3) is 0.273. The van der Waals surface area contributed by atoms with E-state index in [4.69, 9.17) is 5.73 Å². The van der Waals surface area contributed by atoms with Crippen LogP contribution in [0.2, 0.25) is 0 Å². The lowest BCUT2D eigenvalue weighted by Gasteiger charge is -1.96. The van der Waals surface area contributed by atoms with Gasteiger partial charge in [0.15, 0.2) is 0 Å². The molecule has 1 aromatic rings. The van der Waals surface area contributed by atoms with Gasteiger partial charge in [0.1, 0.15) is 24.1 Å². The smallest absolute Gasteiger partial charge is 0.332 e. The number of ketones is 1. The van der Waals surface area contributed by atoms with Crippen molar-refractivity contribution in [3.63, 3.8) is 0 Å². The number of hydrogen-bond donors (Lipinski definition) is 1. The molecule has 0 spiro atoms. The maximum atomic E-state index is 10.6. The maximum absolute atomic E-state index is 10.6. The van der Waals surface area contributed by atoms with E-state index >= 15 is 0 Å². The van der Waals surface area contributed by atoms with Crippen molar-refractivity contribution in [3.8, 4) is 0 Å². The number of primary amides is 1. The van der Waals surface area contributed by atoms with Gasteiger partial charge in [0.2, 0.25) is 0 Å². The molecule has 1 amide bonds. The number of amides is 1. The summed E-state index contributed by atoms with van der Waals surface area (Å²) in [5.41, 5.74) is 6.39. The predicted molar refractivity (Wildman–Crippen MR) is 64.7 cm³/mol. The van der Waals surface area contributed by atoms with Crippen LogP contribution >= 0.6 is 11.9 Å². The molecule has 0 saturated heterocycles. The molecule has 0 unspecified atom stereocenters. The Bertz CT molecular complexity index is 448. The van der Waals surface area contributed by atoms with Crippen LogP contribution in [0.25, 0.3) is 0 Å². The van der Waals surface area contributed by atoms with E-state index in [2.05, 4.69) is 21.1 Å². The highest BCUT2D eigenvalue weighted by molar-refractivity contribution is 6.14. The number of carbonyl (C=O) groups is 3. The Hall–Kier alpha value is -1.95. The molecule has 0 saturated carbocycles. The molecule has 1 rings (SSSR count). The lowest BCUT2D eigenvalue weighted by Crippen LogP contribution is -2.12. The first-order valence-corrected chi connectivity index (χ1v) is 5.20. The van der Waals surface area contributed by atoms with Crippen LogP contribution in [0.4, 0.5) is 0 Å². The first-order valence-electron chi connectivity index (χ1n) is 4.89. The van der Waals surface area contributed by atoms with Gasteiger partial charge in [-0.3, -0.25) is 19.4 Å². The van der Waals surface area contributed by atoms with Crippen molar-refractivity contribution in [2.24, 2.45) is 5.73 Å². The van der Waals surface area contributed by atoms with Crippen molar-refractivity contribution in [2.75, 3.05) is 0 Å². The first-order chi connectivity index (χ1) is 8.38. The number of aryl methyl sites for hydroxylation is 1. The van der Waals surface area contributed by atoms with Crippen LogP contribution in [0.3, 0.4) is 0 Å². The Morgan fingerprint density at radius 1 is 1.44 bits per heavy atom. The van der Waals surface area contributed by atoms with E-state index in [0.717, 1.165) is 5.56 Å². The first kappa shape index (κ1) is 16.1.